The van der Waals surface area contributed by atoms with Gasteiger partial charge < -0.3 is 0 Å². The average Bonchev–Trinajstić information content (AvgIpc) is 4.09. The van der Waals surface area contributed by atoms with Crippen LogP contribution in [0, 0.1) is 55.4 Å². The number of nitrogens with zero attached hydrogens (tertiary/aromatic N) is 6. The van der Waals surface area contributed by atoms with Crippen LogP contribution in [0.3, 0.4) is 0 Å². The minimum atomic E-state index is 0.973. The van der Waals surface area contributed by atoms with E-state index in [1.54, 1.807) is 6.20 Å². The second-order valence-electron chi connectivity index (χ2n) is 18.5. The topological polar surface area (TPSA) is 77.3 Å². The molecule has 10 aromatic rings. The molecule has 6 aromatic heterocycles. The predicted octanol–water partition coefficient (Wildman–Crippen LogP) is 22.4. The number of rotatable bonds is 0. The number of allylic oxidation sites excluding steroid dienone is 4. The van der Waals surface area contributed by atoms with Crippen LogP contribution in [0.25, 0.3) is 54.8 Å². The minimum Gasteiger partial charge on any atom is -0.261 e. The largest absolute Gasteiger partial charge is 0.261 e. The summed E-state index contributed by atoms with van der Waals surface area (Å²) in [5.41, 5.74) is 25.6. The molecule has 0 fully saturated rings. The molecule has 4 aromatic carbocycles. The zero-order valence-electron chi connectivity index (χ0n) is 55.1. The van der Waals surface area contributed by atoms with Crippen molar-refractivity contribution in [2.24, 2.45) is 0 Å². The lowest BCUT2D eigenvalue weighted by molar-refractivity contribution is 1.16. The molecule has 12 rings (SSSR count). The van der Waals surface area contributed by atoms with Gasteiger partial charge in [0, 0.05) is 59.0 Å². The Balaban J connectivity index is 0.000000474. The van der Waals surface area contributed by atoms with Gasteiger partial charge in [0.15, 0.2) is 0 Å². The molecular weight excluding hydrogens is 997 g/mol. The first-order chi connectivity index (χ1) is 39.7. The van der Waals surface area contributed by atoms with E-state index in [-0.39, 0.29) is 0 Å². The van der Waals surface area contributed by atoms with Crippen LogP contribution in [0.15, 0.2) is 170 Å². The lowest BCUT2D eigenvalue weighted by Gasteiger charge is -2.03. The first-order valence-electron chi connectivity index (χ1n) is 30.2. The third-order valence-corrected chi connectivity index (χ3v) is 13.9. The molecule has 0 atom stereocenters. The van der Waals surface area contributed by atoms with E-state index < -0.39 is 0 Å². The summed E-state index contributed by atoms with van der Waals surface area (Å²) in [5.74, 6) is 0. The van der Waals surface area contributed by atoms with Gasteiger partial charge in [0.2, 0.25) is 0 Å². The summed E-state index contributed by atoms with van der Waals surface area (Å²) < 4.78 is 0. The van der Waals surface area contributed by atoms with Gasteiger partial charge in [-0.1, -0.05) is 179 Å². The van der Waals surface area contributed by atoms with Gasteiger partial charge in [-0.05, 0) is 204 Å². The molecule has 0 aliphatic heterocycles. The SMILES string of the molecule is CC.CC.CC.CC.CC.CC.CC1=C(C)c2ccccc2C1.CC1=C(C)c2ncccc2C1.Cc1ccc2ncccc2c1C.Cc1cnc2ccccc2c1C.Cc1cnc2cccnc2c1C.Cc1ncc2ccccc2c1C. The lowest BCUT2D eigenvalue weighted by Crippen LogP contribution is -1.89. The Morgan fingerprint density at radius 2 is 0.756 bits per heavy atom. The van der Waals surface area contributed by atoms with Gasteiger partial charge in [0.05, 0.1) is 27.8 Å². The van der Waals surface area contributed by atoms with E-state index in [1.165, 1.54) is 105 Å². The quantitative estimate of drug-likeness (QED) is 0.151. The number of para-hydroxylation sites is 1. The van der Waals surface area contributed by atoms with E-state index in [0.717, 1.165) is 40.6 Å². The number of fused-ring (bicyclic) bond motifs is 6. The van der Waals surface area contributed by atoms with Crippen molar-refractivity contribution in [2.45, 2.75) is 179 Å². The Morgan fingerprint density at radius 3 is 1.40 bits per heavy atom. The third kappa shape index (κ3) is 20.4. The molecule has 0 unspecified atom stereocenters. The number of hydrogen-bond donors (Lipinski definition) is 0. The maximum absolute atomic E-state index is 4.34. The van der Waals surface area contributed by atoms with Crippen molar-refractivity contribution in [2.75, 3.05) is 0 Å². The first kappa shape index (κ1) is 72.3. The fraction of sp³-hybridized carbons (Fsp3) is 0.342. The zero-order valence-corrected chi connectivity index (χ0v) is 55.1. The van der Waals surface area contributed by atoms with E-state index in [2.05, 4.69) is 185 Å². The first-order valence-corrected chi connectivity index (χ1v) is 30.2. The molecule has 0 saturated heterocycles. The number of benzene rings is 4. The summed E-state index contributed by atoms with van der Waals surface area (Å²) in [5, 5.41) is 5.06. The van der Waals surface area contributed by atoms with Crippen molar-refractivity contribution >= 4 is 54.8 Å². The molecule has 0 saturated carbocycles. The van der Waals surface area contributed by atoms with Crippen molar-refractivity contribution < 1.29 is 0 Å². The van der Waals surface area contributed by atoms with E-state index >= 15 is 0 Å². The van der Waals surface area contributed by atoms with Gasteiger partial charge in [-0.2, -0.15) is 0 Å². The highest BCUT2D eigenvalue weighted by Crippen LogP contribution is 2.32. The Kier molecular flexibility index (Phi) is 35.0. The van der Waals surface area contributed by atoms with Crippen LogP contribution in [0.4, 0.5) is 0 Å². The van der Waals surface area contributed by atoms with Gasteiger partial charge in [-0.25, -0.2) is 0 Å². The highest BCUT2D eigenvalue weighted by atomic mass is 14.7. The van der Waals surface area contributed by atoms with E-state index in [4.69, 9.17) is 0 Å². The maximum Gasteiger partial charge on any atom is 0.0918 e. The average molecular weight is 1100 g/mol. The molecular formula is C76H102N6. The molecule has 0 spiro atoms. The number of aromatic nitrogens is 6. The van der Waals surface area contributed by atoms with Crippen LogP contribution >= 0.6 is 0 Å². The Morgan fingerprint density at radius 1 is 0.305 bits per heavy atom. The molecule has 0 N–H and O–H groups in total. The summed E-state index contributed by atoms with van der Waals surface area (Å²) >= 11 is 0. The molecule has 436 valence electrons. The van der Waals surface area contributed by atoms with Crippen LogP contribution in [0.1, 0.15) is 178 Å². The van der Waals surface area contributed by atoms with E-state index in [1.807, 2.05) is 163 Å². The molecule has 0 bridgehead atoms. The Bertz CT molecular complexity index is 3130. The number of aryl methyl sites for hydroxylation is 8. The Hall–Kier alpha value is -7.70. The molecule has 0 amide bonds. The Labute approximate surface area is 497 Å². The number of pyridine rings is 6. The highest BCUT2D eigenvalue weighted by Gasteiger charge is 2.15. The minimum absolute atomic E-state index is 0.973. The zero-order chi connectivity index (χ0) is 61.9. The van der Waals surface area contributed by atoms with Gasteiger partial charge in [0.1, 0.15) is 0 Å². The molecule has 82 heavy (non-hydrogen) atoms. The molecule has 6 heterocycles. The van der Waals surface area contributed by atoms with E-state index in [0.29, 0.717) is 0 Å². The molecule has 6 heteroatoms. The van der Waals surface area contributed by atoms with Crippen molar-refractivity contribution in [1.82, 2.24) is 29.9 Å². The van der Waals surface area contributed by atoms with E-state index in [9.17, 15) is 0 Å². The second kappa shape index (κ2) is 39.7. The highest BCUT2D eigenvalue weighted by molar-refractivity contribution is 5.86. The molecule has 2 aliphatic carbocycles. The smallest absolute Gasteiger partial charge is 0.0918 e. The molecule has 2 aliphatic rings. The second-order valence-corrected chi connectivity index (χ2v) is 18.5. The maximum atomic E-state index is 4.34. The summed E-state index contributed by atoms with van der Waals surface area (Å²) in [4.78, 5) is 25.8. The summed E-state index contributed by atoms with van der Waals surface area (Å²) in [6, 6.07) is 41.5. The molecule has 0 radical (unpaired) electrons. The monoisotopic (exact) mass is 1100 g/mol. The third-order valence-electron chi connectivity index (χ3n) is 13.9. The van der Waals surface area contributed by atoms with Gasteiger partial charge in [-0.15, -0.1) is 0 Å². The molecule has 6 nitrogen and oxygen atoms in total. The van der Waals surface area contributed by atoms with Crippen molar-refractivity contribution in [3.63, 3.8) is 0 Å². The van der Waals surface area contributed by atoms with Crippen LogP contribution in [-0.2, 0) is 12.8 Å². The van der Waals surface area contributed by atoms with Crippen molar-refractivity contribution in [3.05, 3.63) is 237 Å². The lowest BCUT2D eigenvalue weighted by atomic mass is 10.0. The van der Waals surface area contributed by atoms with Gasteiger partial charge >= 0.3 is 0 Å². The predicted molar refractivity (Wildman–Crippen MR) is 365 cm³/mol. The van der Waals surface area contributed by atoms with Crippen LogP contribution in [-0.4, -0.2) is 29.9 Å². The summed E-state index contributed by atoms with van der Waals surface area (Å²) in [6.45, 7) is 49.5. The van der Waals surface area contributed by atoms with Gasteiger partial charge in [-0.3, -0.25) is 29.9 Å². The van der Waals surface area contributed by atoms with Crippen LogP contribution in [0.5, 0.6) is 0 Å². The van der Waals surface area contributed by atoms with Gasteiger partial charge in [0.25, 0.3) is 0 Å². The normalized spacial score (nSPS) is 10.7. The summed E-state index contributed by atoms with van der Waals surface area (Å²) in [7, 11) is 0. The van der Waals surface area contributed by atoms with Crippen LogP contribution in [0.2, 0.25) is 0 Å². The van der Waals surface area contributed by atoms with Crippen molar-refractivity contribution in [3.8, 4) is 0 Å². The fourth-order valence-corrected chi connectivity index (χ4v) is 8.66. The standard InChI is InChI=1S/3C11H11N.C11H12.C10H10N2.C10H11N.6C2H6/c1-8-5-6-11-10(9(8)2)4-3-7-12-11;1-8-9(2)12-7-10-5-3-4-6-11(8)10;1-8-7-12-11-6-4-3-5-10(11)9(8)2;1-8-7-10-5-3-4-6-11(10)9(8)2;1-7-6-12-9-4-3-5-11-10(9)8(7)2;1-7-6-9-4-3-5-11-10(9)8(7)2;6*1-2/h3*3-7H,1-2H3;3-6H,7H2,1-2H3;3-6H,1-2H3;3-5H,6H2,1-2H3;6*1-2H3. The fourth-order valence-electron chi connectivity index (χ4n) is 8.66. The van der Waals surface area contributed by atoms with Crippen LogP contribution < -0.4 is 0 Å². The summed E-state index contributed by atoms with van der Waals surface area (Å²) in [6.07, 6.45) is 13.5. The number of hydrogen-bond acceptors (Lipinski definition) is 6. The van der Waals surface area contributed by atoms with Crippen molar-refractivity contribution in [1.29, 1.82) is 0 Å².